The molecule has 6 heteroatoms. The van der Waals surface area contributed by atoms with Gasteiger partial charge in [-0.25, -0.2) is 0 Å². The Morgan fingerprint density at radius 2 is 0.639 bits per heavy atom. The van der Waals surface area contributed by atoms with Crippen LogP contribution in [0.1, 0.15) is 226 Å². The van der Waals surface area contributed by atoms with Crippen LogP contribution >= 0.6 is 0 Å². The summed E-state index contributed by atoms with van der Waals surface area (Å²) in [4.78, 5) is 37.9. The maximum Gasteiger partial charge on any atom is 0.306 e. The Morgan fingerprint density at radius 3 is 1.02 bits per heavy atom. The van der Waals surface area contributed by atoms with Crippen molar-refractivity contribution >= 4 is 17.9 Å². The van der Waals surface area contributed by atoms with Gasteiger partial charge in [0.05, 0.1) is 0 Å². The molecule has 348 valence electrons. The molecule has 0 saturated heterocycles. The van der Waals surface area contributed by atoms with Gasteiger partial charge in [-0.05, 0) is 116 Å². The Hall–Kier alpha value is -3.41. The largest absolute Gasteiger partial charge is 0.462 e. The molecule has 61 heavy (non-hydrogen) atoms. The molecule has 0 saturated carbocycles. The zero-order valence-electron chi connectivity index (χ0n) is 39.7. The monoisotopic (exact) mass is 849 g/mol. The van der Waals surface area contributed by atoms with E-state index in [1.54, 1.807) is 0 Å². The molecule has 0 heterocycles. The fourth-order valence-corrected chi connectivity index (χ4v) is 6.57. The van der Waals surface area contributed by atoms with Crippen LogP contribution in [0, 0.1) is 0 Å². The van der Waals surface area contributed by atoms with Crippen molar-refractivity contribution in [3.05, 3.63) is 85.1 Å². The lowest BCUT2D eigenvalue weighted by Gasteiger charge is -2.18. The highest BCUT2D eigenvalue weighted by molar-refractivity contribution is 5.71. The first-order valence-corrected chi connectivity index (χ1v) is 25.1. The Morgan fingerprint density at radius 1 is 0.344 bits per heavy atom. The number of allylic oxidation sites excluding steroid dienone is 14. The molecule has 0 spiro atoms. The van der Waals surface area contributed by atoms with Gasteiger partial charge in [0.25, 0.3) is 0 Å². The number of rotatable bonds is 44. The topological polar surface area (TPSA) is 78.9 Å². The third kappa shape index (κ3) is 47.5. The number of esters is 3. The first-order valence-electron chi connectivity index (χ1n) is 25.1. The van der Waals surface area contributed by atoms with Gasteiger partial charge in [0.15, 0.2) is 6.10 Å². The molecule has 0 fully saturated rings. The van der Waals surface area contributed by atoms with E-state index >= 15 is 0 Å². The van der Waals surface area contributed by atoms with Crippen molar-refractivity contribution in [1.82, 2.24) is 0 Å². The quantitative estimate of drug-likeness (QED) is 0.0263. The highest BCUT2D eigenvalue weighted by atomic mass is 16.6. The first-order chi connectivity index (χ1) is 30.0. The average Bonchev–Trinajstić information content (AvgIpc) is 3.26. The van der Waals surface area contributed by atoms with Crippen molar-refractivity contribution in [2.24, 2.45) is 0 Å². The molecule has 0 radical (unpaired) electrons. The number of ether oxygens (including phenoxy) is 3. The predicted octanol–water partition coefficient (Wildman–Crippen LogP) is 16.4. The van der Waals surface area contributed by atoms with Gasteiger partial charge in [-0.3, -0.25) is 14.4 Å². The molecule has 0 aliphatic heterocycles. The normalized spacial score (nSPS) is 12.8. The zero-order chi connectivity index (χ0) is 44.4. The van der Waals surface area contributed by atoms with Gasteiger partial charge in [-0.1, -0.05) is 176 Å². The fourth-order valence-electron chi connectivity index (χ4n) is 6.57. The summed E-state index contributed by atoms with van der Waals surface area (Å²) in [5, 5.41) is 0. The van der Waals surface area contributed by atoms with Gasteiger partial charge in [-0.15, -0.1) is 0 Å². The second-order valence-electron chi connectivity index (χ2n) is 16.3. The van der Waals surface area contributed by atoms with Crippen molar-refractivity contribution in [2.75, 3.05) is 13.2 Å². The van der Waals surface area contributed by atoms with Gasteiger partial charge in [0.2, 0.25) is 0 Å². The Balaban J connectivity index is 4.48. The highest BCUT2D eigenvalue weighted by Gasteiger charge is 2.19. The second kappa shape index (κ2) is 49.2. The molecule has 0 aromatic heterocycles. The van der Waals surface area contributed by atoms with Crippen molar-refractivity contribution < 1.29 is 28.6 Å². The van der Waals surface area contributed by atoms with Crippen LogP contribution in [0.3, 0.4) is 0 Å². The molecular formula is C55H92O6. The fraction of sp³-hybridized carbons (Fsp3) is 0.691. The van der Waals surface area contributed by atoms with Gasteiger partial charge < -0.3 is 14.2 Å². The lowest BCUT2D eigenvalue weighted by atomic mass is 10.1. The summed E-state index contributed by atoms with van der Waals surface area (Å²) in [6.07, 6.45) is 62.7. The van der Waals surface area contributed by atoms with E-state index in [4.69, 9.17) is 14.2 Å². The standard InChI is InChI=1S/C55H92O6/c1-4-7-10-13-16-19-22-25-27-30-33-36-39-42-45-48-54(57)60-51-52(50-59-53(56)47-44-41-38-35-32-29-24-21-18-15-12-9-6-3)61-55(58)49-46-43-40-37-34-31-28-26-23-20-17-14-11-8-5-2/h9,12,16-21,25-29,32,52H,4-8,10-11,13-15,22-24,30-31,33-51H2,1-3H3/b12-9-,19-16-,20-17-,21-18-,27-25-,28-26-,32-29-. The third-order valence-electron chi connectivity index (χ3n) is 10.4. The lowest BCUT2D eigenvalue weighted by Crippen LogP contribution is -2.30. The van der Waals surface area contributed by atoms with Gasteiger partial charge in [-0.2, -0.15) is 0 Å². The molecule has 1 unspecified atom stereocenters. The minimum absolute atomic E-state index is 0.1000. The summed E-state index contributed by atoms with van der Waals surface area (Å²) in [7, 11) is 0. The number of carbonyl (C=O) groups excluding carboxylic acids is 3. The second-order valence-corrected chi connectivity index (χ2v) is 16.3. The van der Waals surface area contributed by atoms with E-state index in [1.165, 1.54) is 51.4 Å². The number of unbranched alkanes of at least 4 members (excludes halogenated alkanes) is 19. The van der Waals surface area contributed by atoms with Crippen LogP contribution in [0.2, 0.25) is 0 Å². The summed E-state index contributed by atoms with van der Waals surface area (Å²) in [5.41, 5.74) is 0. The van der Waals surface area contributed by atoms with Crippen LogP contribution in [-0.2, 0) is 28.6 Å². The van der Waals surface area contributed by atoms with E-state index in [1.807, 2.05) is 0 Å². The molecule has 0 rings (SSSR count). The summed E-state index contributed by atoms with van der Waals surface area (Å²) in [5.74, 6) is -0.960. The van der Waals surface area contributed by atoms with E-state index in [-0.39, 0.29) is 31.1 Å². The number of hydrogen-bond donors (Lipinski definition) is 0. The van der Waals surface area contributed by atoms with Crippen LogP contribution in [0.4, 0.5) is 0 Å². The van der Waals surface area contributed by atoms with Crippen molar-refractivity contribution in [3.63, 3.8) is 0 Å². The van der Waals surface area contributed by atoms with E-state index in [0.29, 0.717) is 19.3 Å². The molecular weight excluding hydrogens is 757 g/mol. The van der Waals surface area contributed by atoms with Crippen molar-refractivity contribution in [2.45, 2.75) is 232 Å². The molecule has 0 amide bonds. The van der Waals surface area contributed by atoms with E-state index in [9.17, 15) is 14.4 Å². The SMILES string of the molecule is CC/C=C\C/C=C\C/C=C\CCCCCC(=O)OCC(COC(=O)CCCCCCC/C=C\C/C=C\CCCCC)OC(=O)CCCCCCC/C=C\C/C=C\CCCCC. The minimum atomic E-state index is -0.801. The van der Waals surface area contributed by atoms with Crippen molar-refractivity contribution in [1.29, 1.82) is 0 Å². The summed E-state index contributed by atoms with van der Waals surface area (Å²) < 4.78 is 16.7. The zero-order valence-corrected chi connectivity index (χ0v) is 39.7. The van der Waals surface area contributed by atoms with Gasteiger partial charge in [0, 0.05) is 19.3 Å². The summed E-state index contributed by atoms with van der Waals surface area (Å²) in [6.45, 7) is 6.41. The van der Waals surface area contributed by atoms with Crippen LogP contribution in [-0.4, -0.2) is 37.2 Å². The highest BCUT2D eigenvalue weighted by Crippen LogP contribution is 2.13. The van der Waals surface area contributed by atoms with E-state index in [0.717, 1.165) is 135 Å². The molecule has 6 nitrogen and oxygen atoms in total. The molecule has 0 aliphatic carbocycles. The van der Waals surface area contributed by atoms with Crippen LogP contribution in [0.5, 0.6) is 0 Å². The lowest BCUT2D eigenvalue weighted by molar-refractivity contribution is -0.167. The van der Waals surface area contributed by atoms with Crippen LogP contribution in [0.15, 0.2) is 85.1 Å². The number of carbonyl (C=O) groups is 3. The third-order valence-corrected chi connectivity index (χ3v) is 10.4. The molecule has 0 N–H and O–H groups in total. The Kier molecular flexibility index (Phi) is 46.5. The maximum atomic E-state index is 12.8. The van der Waals surface area contributed by atoms with Crippen LogP contribution < -0.4 is 0 Å². The summed E-state index contributed by atoms with van der Waals surface area (Å²) in [6, 6.07) is 0. The molecule has 0 aromatic carbocycles. The minimum Gasteiger partial charge on any atom is -0.462 e. The maximum absolute atomic E-state index is 12.8. The van der Waals surface area contributed by atoms with E-state index in [2.05, 4.69) is 106 Å². The molecule has 0 aliphatic rings. The molecule has 0 aromatic rings. The Labute approximate surface area is 375 Å². The van der Waals surface area contributed by atoms with Gasteiger partial charge >= 0.3 is 17.9 Å². The molecule has 1 atom stereocenters. The van der Waals surface area contributed by atoms with Crippen molar-refractivity contribution in [3.8, 4) is 0 Å². The predicted molar refractivity (Wildman–Crippen MR) is 261 cm³/mol. The summed E-state index contributed by atoms with van der Waals surface area (Å²) >= 11 is 0. The number of hydrogen-bond acceptors (Lipinski definition) is 6. The Bertz CT molecular complexity index is 1200. The van der Waals surface area contributed by atoms with Crippen LogP contribution in [0.25, 0.3) is 0 Å². The van der Waals surface area contributed by atoms with E-state index < -0.39 is 6.10 Å². The smallest absolute Gasteiger partial charge is 0.306 e. The van der Waals surface area contributed by atoms with Gasteiger partial charge in [0.1, 0.15) is 13.2 Å². The average molecular weight is 849 g/mol. The first kappa shape index (κ1) is 57.6. The molecule has 0 bridgehead atoms.